The summed E-state index contributed by atoms with van der Waals surface area (Å²) in [6.45, 7) is 4.20. The van der Waals surface area contributed by atoms with E-state index in [1.165, 1.54) is 0 Å². The van der Waals surface area contributed by atoms with Crippen LogP contribution in [0.3, 0.4) is 0 Å². The van der Waals surface area contributed by atoms with Gasteiger partial charge in [-0.25, -0.2) is 9.67 Å². The molecule has 0 atom stereocenters. The van der Waals surface area contributed by atoms with Crippen LogP contribution in [0.1, 0.15) is 19.9 Å². The lowest BCUT2D eigenvalue weighted by atomic mass is 10.2. The van der Waals surface area contributed by atoms with Crippen LogP contribution in [0, 0.1) is 0 Å². The second-order valence-electron chi connectivity index (χ2n) is 3.49. The fourth-order valence-corrected chi connectivity index (χ4v) is 1.42. The maximum atomic E-state index is 4.26. The standard InChI is InChI=1S/C11H13N3/c1-9(2)14-11(12-8-13-14)10-6-4-3-5-7-10/h3-9H,1-2H3. The Labute approximate surface area is 83.4 Å². The maximum absolute atomic E-state index is 4.26. The molecule has 72 valence electrons. The van der Waals surface area contributed by atoms with Crippen LogP contribution in [0.5, 0.6) is 0 Å². The third-order valence-electron chi connectivity index (χ3n) is 2.09. The van der Waals surface area contributed by atoms with Gasteiger partial charge in [-0.05, 0) is 13.8 Å². The maximum Gasteiger partial charge on any atom is 0.158 e. The van der Waals surface area contributed by atoms with E-state index in [1.54, 1.807) is 6.33 Å². The van der Waals surface area contributed by atoms with Crippen molar-refractivity contribution in [2.45, 2.75) is 19.9 Å². The van der Waals surface area contributed by atoms with Gasteiger partial charge in [0, 0.05) is 11.6 Å². The molecule has 0 bridgehead atoms. The zero-order valence-electron chi connectivity index (χ0n) is 8.38. The van der Waals surface area contributed by atoms with E-state index >= 15 is 0 Å². The molecule has 3 nitrogen and oxygen atoms in total. The van der Waals surface area contributed by atoms with Crippen LogP contribution in [-0.2, 0) is 0 Å². The Balaban J connectivity index is 2.47. The topological polar surface area (TPSA) is 30.7 Å². The quantitative estimate of drug-likeness (QED) is 0.723. The molecule has 0 aliphatic rings. The van der Waals surface area contributed by atoms with E-state index in [-0.39, 0.29) is 0 Å². The van der Waals surface area contributed by atoms with E-state index in [9.17, 15) is 0 Å². The lowest BCUT2D eigenvalue weighted by Gasteiger charge is -2.08. The minimum Gasteiger partial charge on any atom is -0.243 e. The highest BCUT2D eigenvalue weighted by Crippen LogP contribution is 2.18. The predicted octanol–water partition coefficient (Wildman–Crippen LogP) is 2.53. The number of hydrogen-bond donors (Lipinski definition) is 0. The molecular weight excluding hydrogens is 174 g/mol. The summed E-state index contributed by atoms with van der Waals surface area (Å²) in [4.78, 5) is 4.26. The molecule has 1 aromatic carbocycles. The van der Waals surface area contributed by atoms with Crippen molar-refractivity contribution in [2.75, 3.05) is 0 Å². The molecule has 0 amide bonds. The number of rotatable bonds is 2. The number of hydrogen-bond acceptors (Lipinski definition) is 2. The van der Waals surface area contributed by atoms with Crippen molar-refractivity contribution in [3.8, 4) is 11.4 Å². The molecule has 0 aliphatic heterocycles. The van der Waals surface area contributed by atoms with Crippen molar-refractivity contribution in [1.29, 1.82) is 0 Å². The molecule has 2 aromatic rings. The van der Waals surface area contributed by atoms with Gasteiger partial charge in [-0.1, -0.05) is 30.3 Å². The molecule has 0 fully saturated rings. The van der Waals surface area contributed by atoms with Crippen molar-refractivity contribution in [1.82, 2.24) is 14.8 Å². The molecular formula is C11H13N3. The van der Waals surface area contributed by atoms with Crippen LogP contribution < -0.4 is 0 Å². The van der Waals surface area contributed by atoms with E-state index in [0.717, 1.165) is 11.4 Å². The van der Waals surface area contributed by atoms with Crippen molar-refractivity contribution < 1.29 is 0 Å². The molecule has 0 unspecified atom stereocenters. The molecule has 0 aliphatic carbocycles. The fraction of sp³-hybridized carbons (Fsp3) is 0.273. The molecule has 2 rings (SSSR count). The van der Waals surface area contributed by atoms with Crippen LogP contribution in [-0.4, -0.2) is 14.8 Å². The van der Waals surface area contributed by atoms with Gasteiger partial charge in [0.25, 0.3) is 0 Å². The third kappa shape index (κ3) is 1.53. The Morgan fingerprint density at radius 1 is 1.14 bits per heavy atom. The zero-order valence-corrected chi connectivity index (χ0v) is 8.38. The Bertz CT molecular complexity index is 403. The van der Waals surface area contributed by atoms with Gasteiger partial charge in [0.15, 0.2) is 5.82 Å². The average Bonchev–Trinajstić information content (AvgIpc) is 2.67. The first-order valence-electron chi connectivity index (χ1n) is 4.74. The predicted molar refractivity (Wildman–Crippen MR) is 55.8 cm³/mol. The van der Waals surface area contributed by atoms with Gasteiger partial charge in [0.1, 0.15) is 6.33 Å². The van der Waals surface area contributed by atoms with Crippen LogP contribution in [0.25, 0.3) is 11.4 Å². The molecule has 0 spiro atoms. The van der Waals surface area contributed by atoms with Gasteiger partial charge in [-0.15, -0.1) is 0 Å². The Hall–Kier alpha value is -1.64. The summed E-state index contributed by atoms with van der Waals surface area (Å²) in [5.41, 5.74) is 1.11. The first-order valence-corrected chi connectivity index (χ1v) is 4.74. The summed E-state index contributed by atoms with van der Waals surface area (Å²) < 4.78 is 1.93. The first kappa shape index (κ1) is 8.94. The van der Waals surface area contributed by atoms with Gasteiger partial charge >= 0.3 is 0 Å². The van der Waals surface area contributed by atoms with Crippen LogP contribution in [0.4, 0.5) is 0 Å². The van der Waals surface area contributed by atoms with E-state index in [0.29, 0.717) is 6.04 Å². The van der Waals surface area contributed by atoms with Gasteiger partial charge < -0.3 is 0 Å². The lowest BCUT2D eigenvalue weighted by molar-refractivity contribution is 0.537. The molecule has 3 heteroatoms. The summed E-state index contributed by atoms with van der Waals surface area (Å²) >= 11 is 0. The summed E-state index contributed by atoms with van der Waals surface area (Å²) in [5.74, 6) is 0.931. The number of aromatic nitrogens is 3. The molecule has 0 saturated heterocycles. The smallest absolute Gasteiger partial charge is 0.158 e. The summed E-state index contributed by atoms with van der Waals surface area (Å²) in [7, 11) is 0. The monoisotopic (exact) mass is 187 g/mol. The SMILES string of the molecule is CC(C)n1ncnc1-c1ccccc1. The first-order chi connectivity index (χ1) is 6.79. The molecule has 1 aromatic heterocycles. The van der Waals surface area contributed by atoms with Crippen LogP contribution in [0.15, 0.2) is 36.7 Å². The summed E-state index contributed by atoms with van der Waals surface area (Å²) in [6.07, 6.45) is 1.60. The molecule has 0 N–H and O–H groups in total. The second-order valence-corrected chi connectivity index (χ2v) is 3.49. The van der Waals surface area contributed by atoms with Gasteiger partial charge in [0.2, 0.25) is 0 Å². The van der Waals surface area contributed by atoms with Crippen molar-refractivity contribution in [3.63, 3.8) is 0 Å². The average molecular weight is 187 g/mol. The zero-order chi connectivity index (χ0) is 9.97. The summed E-state index contributed by atoms with van der Waals surface area (Å²) in [6, 6.07) is 10.4. The van der Waals surface area contributed by atoms with Crippen molar-refractivity contribution >= 4 is 0 Å². The number of nitrogens with zero attached hydrogens (tertiary/aromatic N) is 3. The minimum atomic E-state index is 0.340. The number of benzene rings is 1. The van der Waals surface area contributed by atoms with Crippen LogP contribution in [0.2, 0.25) is 0 Å². The normalized spacial score (nSPS) is 10.8. The fourth-order valence-electron chi connectivity index (χ4n) is 1.42. The van der Waals surface area contributed by atoms with Crippen molar-refractivity contribution in [2.24, 2.45) is 0 Å². The second kappa shape index (κ2) is 3.62. The van der Waals surface area contributed by atoms with E-state index in [1.807, 2.05) is 35.0 Å². The summed E-state index contributed by atoms with van der Waals surface area (Å²) in [5, 5.41) is 4.20. The highest BCUT2D eigenvalue weighted by molar-refractivity contribution is 5.54. The van der Waals surface area contributed by atoms with Gasteiger partial charge in [-0.2, -0.15) is 5.10 Å². The molecule has 14 heavy (non-hydrogen) atoms. The highest BCUT2D eigenvalue weighted by atomic mass is 15.3. The minimum absolute atomic E-state index is 0.340. The van der Waals surface area contributed by atoms with Gasteiger partial charge in [0.05, 0.1) is 0 Å². The highest BCUT2D eigenvalue weighted by Gasteiger charge is 2.08. The van der Waals surface area contributed by atoms with Crippen LogP contribution >= 0.6 is 0 Å². The largest absolute Gasteiger partial charge is 0.243 e. The van der Waals surface area contributed by atoms with Crippen molar-refractivity contribution in [3.05, 3.63) is 36.7 Å². The third-order valence-corrected chi connectivity index (χ3v) is 2.09. The molecule has 1 heterocycles. The molecule has 0 radical (unpaired) electrons. The lowest BCUT2D eigenvalue weighted by Crippen LogP contribution is -2.04. The Morgan fingerprint density at radius 2 is 1.86 bits per heavy atom. The Morgan fingerprint density at radius 3 is 2.50 bits per heavy atom. The van der Waals surface area contributed by atoms with E-state index in [2.05, 4.69) is 23.9 Å². The van der Waals surface area contributed by atoms with E-state index in [4.69, 9.17) is 0 Å². The molecule has 0 saturated carbocycles. The Kier molecular flexibility index (Phi) is 2.31. The van der Waals surface area contributed by atoms with Gasteiger partial charge in [-0.3, -0.25) is 0 Å². The van der Waals surface area contributed by atoms with E-state index < -0.39 is 0 Å².